The molecule has 3 aromatic rings. The minimum Gasteiger partial charge on any atom is -0.489 e. The summed E-state index contributed by atoms with van der Waals surface area (Å²) in [6.07, 6.45) is -2.04. The molecule has 1 fully saturated rings. The van der Waals surface area contributed by atoms with Crippen LogP contribution in [-0.2, 0) is 4.79 Å². The molecular formula is C27H27F4N3O3. The number of hydrogen-bond acceptors (Lipinski definition) is 5. The zero-order chi connectivity index (χ0) is 26.3. The van der Waals surface area contributed by atoms with Crippen LogP contribution in [0.4, 0.5) is 17.6 Å². The average molecular weight is 518 g/mol. The number of aromatic nitrogens is 1. The third-order valence-electron chi connectivity index (χ3n) is 6.16. The lowest BCUT2D eigenvalue weighted by Gasteiger charge is -2.32. The Morgan fingerprint density at radius 3 is 2.51 bits per heavy atom. The Kier molecular flexibility index (Phi) is 8.60. The maximum absolute atomic E-state index is 13.7. The molecule has 196 valence electrons. The van der Waals surface area contributed by atoms with Crippen LogP contribution in [0.15, 0.2) is 72.9 Å². The fourth-order valence-corrected chi connectivity index (χ4v) is 4.29. The number of alkyl halides is 3. The molecule has 4 rings (SSSR count). The summed E-state index contributed by atoms with van der Waals surface area (Å²) < 4.78 is 61.5. The predicted molar refractivity (Wildman–Crippen MR) is 128 cm³/mol. The van der Waals surface area contributed by atoms with E-state index in [-0.39, 0.29) is 23.3 Å². The summed E-state index contributed by atoms with van der Waals surface area (Å²) in [4.78, 5) is 19.6. The molecule has 1 saturated heterocycles. The quantitative estimate of drug-likeness (QED) is 0.400. The first-order valence-electron chi connectivity index (χ1n) is 12.0. The molecule has 0 aliphatic carbocycles. The standard InChI is InChI=1S/C27H27F4N3O3/c28-22-8-1-2-10-24(22)36-17-16-34-14-11-19(12-15-34)26(35)33-25(23-9-3-4-13-32-23)20-6-5-7-21(18-20)37-27(29,30)31/h1-10,13,18-19,25H,11-12,14-17H2,(H,33,35)/t25-/m1/s1. The summed E-state index contributed by atoms with van der Waals surface area (Å²) in [5.41, 5.74) is 0.930. The van der Waals surface area contributed by atoms with Gasteiger partial charge in [-0.1, -0.05) is 30.3 Å². The third kappa shape index (κ3) is 7.66. The zero-order valence-electron chi connectivity index (χ0n) is 20.0. The fourth-order valence-electron chi connectivity index (χ4n) is 4.29. The number of piperidine rings is 1. The molecule has 0 bridgehead atoms. The highest BCUT2D eigenvalue weighted by Gasteiger charge is 2.32. The van der Waals surface area contributed by atoms with Crippen LogP contribution in [0.3, 0.4) is 0 Å². The van der Waals surface area contributed by atoms with E-state index in [9.17, 15) is 22.4 Å². The normalized spacial score (nSPS) is 15.7. The van der Waals surface area contributed by atoms with Crippen LogP contribution in [0, 0.1) is 11.7 Å². The second-order valence-corrected chi connectivity index (χ2v) is 8.71. The second kappa shape index (κ2) is 12.1. The van der Waals surface area contributed by atoms with Gasteiger partial charge in [0.05, 0.1) is 11.7 Å². The van der Waals surface area contributed by atoms with Crippen molar-refractivity contribution in [3.8, 4) is 11.5 Å². The first-order valence-corrected chi connectivity index (χ1v) is 12.0. The van der Waals surface area contributed by atoms with Gasteiger partial charge in [0.15, 0.2) is 11.6 Å². The topological polar surface area (TPSA) is 63.7 Å². The highest BCUT2D eigenvalue weighted by Crippen LogP contribution is 2.29. The van der Waals surface area contributed by atoms with Crippen LogP contribution < -0.4 is 14.8 Å². The lowest BCUT2D eigenvalue weighted by molar-refractivity contribution is -0.274. The van der Waals surface area contributed by atoms with Crippen molar-refractivity contribution in [2.45, 2.75) is 25.2 Å². The summed E-state index contributed by atoms with van der Waals surface area (Å²) in [6, 6.07) is 16.2. The number of pyridine rings is 1. The lowest BCUT2D eigenvalue weighted by Crippen LogP contribution is -2.43. The van der Waals surface area contributed by atoms with Gasteiger partial charge >= 0.3 is 6.36 Å². The number of hydrogen-bond donors (Lipinski definition) is 1. The largest absolute Gasteiger partial charge is 0.573 e. The number of carbonyl (C=O) groups excluding carboxylic acids is 1. The molecule has 2 aromatic carbocycles. The van der Waals surface area contributed by atoms with Crippen LogP contribution in [0.25, 0.3) is 0 Å². The second-order valence-electron chi connectivity index (χ2n) is 8.71. The van der Waals surface area contributed by atoms with Crippen LogP contribution in [0.2, 0.25) is 0 Å². The van der Waals surface area contributed by atoms with E-state index in [4.69, 9.17) is 4.74 Å². The van der Waals surface area contributed by atoms with Gasteiger partial charge in [-0.3, -0.25) is 14.7 Å². The average Bonchev–Trinajstić information content (AvgIpc) is 2.88. The zero-order valence-corrected chi connectivity index (χ0v) is 20.0. The van der Waals surface area contributed by atoms with Crippen molar-refractivity contribution in [2.75, 3.05) is 26.2 Å². The van der Waals surface area contributed by atoms with Gasteiger partial charge in [0.25, 0.3) is 0 Å². The first-order chi connectivity index (χ1) is 17.8. The van der Waals surface area contributed by atoms with Gasteiger partial charge in [-0.2, -0.15) is 0 Å². The van der Waals surface area contributed by atoms with E-state index < -0.39 is 18.2 Å². The molecule has 0 saturated carbocycles. The van der Waals surface area contributed by atoms with Crippen molar-refractivity contribution in [2.24, 2.45) is 5.92 Å². The first kappa shape index (κ1) is 26.4. The van der Waals surface area contributed by atoms with E-state index in [0.29, 0.717) is 50.3 Å². The van der Waals surface area contributed by atoms with Gasteiger partial charge in [-0.05, 0) is 67.9 Å². The third-order valence-corrected chi connectivity index (χ3v) is 6.16. The molecule has 1 aliphatic heterocycles. The molecule has 37 heavy (non-hydrogen) atoms. The Balaban J connectivity index is 1.35. The van der Waals surface area contributed by atoms with Gasteiger partial charge in [0.2, 0.25) is 5.91 Å². The maximum atomic E-state index is 13.7. The van der Waals surface area contributed by atoms with Gasteiger partial charge < -0.3 is 14.8 Å². The van der Waals surface area contributed by atoms with Crippen LogP contribution >= 0.6 is 0 Å². The van der Waals surface area contributed by atoms with Crippen molar-refractivity contribution in [3.63, 3.8) is 0 Å². The molecule has 10 heteroatoms. The Bertz CT molecular complexity index is 1170. The van der Waals surface area contributed by atoms with Crippen molar-refractivity contribution >= 4 is 5.91 Å². The Morgan fingerprint density at radius 2 is 1.81 bits per heavy atom. The molecular weight excluding hydrogens is 490 g/mol. The summed E-state index contributed by atoms with van der Waals surface area (Å²) in [5, 5.41) is 2.97. The van der Waals surface area contributed by atoms with Crippen molar-refractivity contribution in [1.29, 1.82) is 0 Å². The van der Waals surface area contributed by atoms with E-state index in [2.05, 4.69) is 19.9 Å². The lowest BCUT2D eigenvalue weighted by atomic mass is 9.94. The number of amides is 1. The Hall–Kier alpha value is -3.66. The van der Waals surface area contributed by atoms with Crippen molar-refractivity contribution in [1.82, 2.24) is 15.2 Å². The van der Waals surface area contributed by atoms with E-state index in [1.165, 1.54) is 24.3 Å². The number of rotatable bonds is 9. The monoisotopic (exact) mass is 517 g/mol. The molecule has 0 radical (unpaired) electrons. The molecule has 1 aromatic heterocycles. The highest BCUT2D eigenvalue weighted by atomic mass is 19.4. The molecule has 0 unspecified atom stereocenters. The SMILES string of the molecule is O=C(N[C@H](c1cccc(OC(F)(F)F)c1)c1ccccn1)C1CCN(CCOc2ccccc2F)CC1. The molecule has 1 N–H and O–H groups in total. The van der Waals surface area contributed by atoms with Crippen molar-refractivity contribution < 1.29 is 31.8 Å². The van der Waals surface area contributed by atoms with E-state index in [0.717, 1.165) is 0 Å². The van der Waals surface area contributed by atoms with Crippen LogP contribution in [0.5, 0.6) is 11.5 Å². The van der Waals surface area contributed by atoms with Gasteiger partial charge in [0.1, 0.15) is 12.4 Å². The Labute approximate surface area is 212 Å². The number of nitrogens with one attached hydrogen (secondary N) is 1. The molecule has 1 atom stereocenters. The van der Waals surface area contributed by atoms with Crippen LogP contribution in [0.1, 0.15) is 30.1 Å². The van der Waals surface area contributed by atoms with Crippen molar-refractivity contribution in [3.05, 3.63) is 90.0 Å². The fraction of sp³-hybridized carbons (Fsp3) is 0.333. The predicted octanol–water partition coefficient (Wildman–Crippen LogP) is 5.12. The number of ether oxygens (including phenoxy) is 2. The summed E-state index contributed by atoms with van der Waals surface area (Å²) in [7, 11) is 0. The molecule has 2 heterocycles. The van der Waals surface area contributed by atoms with Crippen LogP contribution in [-0.4, -0.2) is 48.4 Å². The number of carbonyl (C=O) groups is 1. The molecule has 1 aliphatic rings. The van der Waals surface area contributed by atoms with E-state index in [1.807, 2.05) is 0 Å². The van der Waals surface area contributed by atoms with E-state index >= 15 is 0 Å². The number of likely N-dealkylation sites (tertiary alicyclic amines) is 1. The number of para-hydroxylation sites is 1. The highest BCUT2D eigenvalue weighted by molar-refractivity contribution is 5.79. The molecule has 0 spiro atoms. The summed E-state index contributed by atoms with van der Waals surface area (Å²) >= 11 is 0. The minimum atomic E-state index is -4.82. The summed E-state index contributed by atoms with van der Waals surface area (Å²) in [5.74, 6) is -1.02. The molecule has 6 nitrogen and oxygen atoms in total. The number of benzene rings is 2. The minimum absolute atomic E-state index is 0.194. The van der Waals surface area contributed by atoms with Gasteiger partial charge in [-0.25, -0.2) is 4.39 Å². The summed E-state index contributed by atoms with van der Waals surface area (Å²) in [6.45, 7) is 2.27. The maximum Gasteiger partial charge on any atom is 0.573 e. The number of halogens is 4. The smallest absolute Gasteiger partial charge is 0.489 e. The Morgan fingerprint density at radius 1 is 1.05 bits per heavy atom. The van der Waals surface area contributed by atoms with Gasteiger partial charge in [0, 0.05) is 18.7 Å². The molecule has 1 amide bonds. The number of nitrogens with zero attached hydrogens (tertiary/aromatic N) is 2. The van der Waals surface area contributed by atoms with E-state index in [1.54, 1.807) is 48.7 Å². The van der Waals surface area contributed by atoms with Gasteiger partial charge in [-0.15, -0.1) is 13.2 Å².